The summed E-state index contributed by atoms with van der Waals surface area (Å²) in [6.45, 7) is 1.88. The fraction of sp³-hybridized carbons (Fsp3) is 0.143. The Morgan fingerprint density at radius 1 is 1.39 bits per heavy atom. The van der Waals surface area contributed by atoms with Crippen molar-refractivity contribution in [3.63, 3.8) is 0 Å². The quantitative estimate of drug-likeness (QED) is 0.809. The Bertz CT molecular complexity index is 598. The monoisotopic (exact) mass is 307 g/mol. The van der Waals surface area contributed by atoms with Crippen molar-refractivity contribution >= 4 is 21.7 Å². The molecule has 0 aliphatic carbocycles. The standard InChI is InChI=1S/C14H11BrFNO/c1-9-5-11(8-17-7-9)13(18)6-10-3-2-4-12(16)14(10)15/h2-5,7-8H,6H2,1H3. The molecule has 0 saturated heterocycles. The van der Waals surface area contributed by atoms with E-state index in [-0.39, 0.29) is 18.0 Å². The van der Waals surface area contributed by atoms with Crippen LogP contribution < -0.4 is 0 Å². The molecule has 1 aromatic carbocycles. The molecule has 0 spiro atoms. The van der Waals surface area contributed by atoms with Crippen LogP contribution in [-0.4, -0.2) is 10.8 Å². The van der Waals surface area contributed by atoms with Crippen LogP contribution >= 0.6 is 15.9 Å². The van der Waals surface area contributed by atoms with E-state index in [9.17, 15) is 9.18 Å². The molecule has 0 amide bonds. The number of hydrogen-bond acceptors (Lipinski definition) is 2. The molecule has 0 aliphatic heterocycles. The van der Waals surface area contributed by atoms with Gasteiger partial charge in [-0.2, -0.15) is 0 Å². The van der Waals surface area contributed by atoms with Crippen LogP contribution in [0.25, 0.3) is 0 Å². The lowest BCUT2D eigenvalue weighted by molar-refractivity contribution is 0.0992. The molecule has 4 heteroatoms. The van der Waals surface area contributed by atoms with Crippen LogP contribution in [0.1, 0.15) is 21.5 Å². The average molecular weight is 308 g/mol. The fourth-order valence-corrected chi connectivity index (χ4v) is 2.07. The Balaban J connectivity index is 2.24. The van der Waals surface area contributed by atoms with E-state index in [1.165, 1.54) is 12.3 Å². The highest BCUT2D eigenvalue weighted by Gasteiger charge is 2.12. The zero-order valence-electron chi connectivity index (χ0n) is 9.78. The van der Waals surface area contributed by atoms with Crippen LogP contribution in [-0.2, 0) is 6.42 Å². The van der Waals surface area contributed by atoms with Gasteiger partial charge in [0.25, 0.3) is 0 Å². The Hall–Kier alpha value is -1.55. The Morgan fingerprint density at radius 2 is 2.17 bits per heavy atom. The summed E-state index contributed by atoms with van der Waals surface area (Å²) in [6, 6.07) is 6.46. The van der Waals surface area contributed by atoms with E-state index in [0.29, 0.717) is 15.6 Å². The zero-order chi connectivity index (χ0) is 13.1. The molecule has 92 valence electrons. The normalized spacial score (nSPS) is 10.4. The lowest BCUT2D eigenvalue weighted by Gasteiger charge is -2.05. The molecule has 0 radical (unpaired) electrons. The lowest BCUT2D eigenvalue weighted by atomic mass is 10.0. The number of ketones is 1. The number of carbonyl (C=O) groups is 1. The minimum absolute atomic E-state index is 0.0718. The summed E-state index contributed by atoms with van der Waals surface area (Å²) in [4.78, 5) is 16.0. The number of benzene rings is 1. The maximum atomic E-state index is 13.3. The molecule has 0 bridgehead atoms. The number of pyridine rings is 1. The Morgan fingerprint density at radius 3 is 2.89 bits per heavy atom. The van der Waals surface area contributed by atoms with Gasteiger partial charge in [-0.05, 0) is 46.1 Å². The predicted molar refractivity (Wildman–Crippen MR) is 71.1 cm³/mol. The van der Waals surface area contributed by atoms with E-state index in [1.54, 1.807) is 24.4 Å². The maximum Gasteiger partial charge on any atom is 0.168 e. The van der Waals surface area contributed by atoms with Gasteiger partial charge in [-0.3, -0.25) is 9.78 Å². The van der Waals surface area contributed by atoms with Crippen molar-refractivity contribution in [1.29, 1.82) is 0 Å². The minimum Gasteiger partial charge on any atom is -0.294 e. The highest BCUT2D eigenvalue weighted by Crippen LogP contribution is 2.21. The van der Waals surface area contributed by atoms with Gasteiger partial charge in [0.2, 0.25) is 0 Å². The molecule has 0 saturated carbocycles. The van der Waals surface area contributed by atoms with Crippen LogP contribution in [0.3, 0.4) is 0 Å². The topological polar surface area (TPSA) is 30.0 Å². The van der Waals surface area contributed by atoms with Crippen molar-refractivity contribution in [2.45, 2.75) is 13.3 Å². The number of rotatable bonds is 3. The molecule has 1 heterocycles. The number of aromatic nitrogens is 1. The van der Waals surface area contributed by atoms with Crippen LogP contribution in [0.5, 0.6) is 0 Å². The number of Topliss-reactive ketones (excluding diaryl/α,β-unsaturated/α-hetero) is 1. The third-order valence-corrected chi connectivity index (χ3v) is 3.47. The van der Waals surface area contributed by atoms with Crippen LogP contribution in [0.15, 0.2) is 41.1 Å². The van der Waals surface area contributed by atoms with E-state index >= 15 is 0 Å². The smallest absolute Gasteiger partial charge is 0.168 e. The first-order valence-electron chi connectivity index (χ1n) is 5.45. The van der Waals surface area contributed by atoms with Gasteiger partial charge in [0.1, 0.15) is 5.82 Å². The largest absolute Gasteiger partial charge is 0.294 e. The van der Waals surface area contributed by atoms with Crippen molar-refractivity contribution in [3.05, 3.63) is 63.6 Å². The van der Waals surface area contributed by atoms with Crippen LogP contribution in [0.4, 0.5) is 4.39 Å². The first kappa shape index (κ1) is 12.9. The Kier molecular flexibility index (Phi) is 3.87. The van der Waals surface area contributed by atoms with Gasteiger partial charge in [-0.1, -0.05) is 12.1 Å². The van der Waals surface area contributed by atoms with Gasteiger partial charge in [0.05, 0.1) is 4.47 Å². The third-order valence-electron chi connectivity index (χ3n) is 2.58. The molecule has 0 aliphatic rings. The molecule has 18 heavy (non-hydrogen) atoms. The van der Waals surface area contributed by atoms with Crippen molar-refractivity contribution in [1.82, 2.24) is 4.98 Å². The van der Waals surface area contributed by atoms with Crippen LogP contribution in [0.2, 0.25) is 0 Å². The molecule has 2 aromatic rings. The third kappa shape index (κ3) is 2.82. The predicted octanol–water partition coefficient (Wildman–Crippen LogP) is 3.72. The summed E-state index contributed by atoms with van der Waals surface area (Å²) in [6.07, 6.45) is 3.38. The number of hydrogen-bond donors (Lipinski definition) is 0. The van der Waals surface area contributed by atoms with Crippen molar-refractivity contribution in [3.8, 4) is 0 Å². The van der Waals surface area contributed by atoms with Gasteiger partial charge in [-0.25, -0.2) is 4.39 Å². The summed E-state index contributed by atoms with van der Waals surface area (Å²) >= 11 is 3.15. The number of halogens is 2. The van der Waals surface area contributed by atoms with E-state index in [4.69, 9.17) is 0 Å². The summed E-state index contributed by atoms with van der Waals surface area (Å²) in [7, 11) is 0. The summed E-state index contributed by atoms with van der Waals surface area (Å²) in [5.41, 5.74) is 2.12. The van der Waals surface area contributed by atoms with Gasteiger partial charge in [0, 0.05) is 24.4 Å². The molecule has 0 N–H and O–H groups in total. The summed E-state index contributed by atoms with van der Waals surface area (Å²) < 4.78 is 13.7. The number of nitrogens with zero attached hydrogens (tertiary/aromatic N) is 1. The molecule has 0 fully saturated rings. The first-order valence-corrected chi connectivity index (χ1v) is 6.25. The number of aryl methyl sites for hydroxylation is 1. The zero-order valence-corrected chi connectivity index (χ0v) is 11.4. The first-order chi connectivity index (χ1) is 8.58. The second-order valence-corrected chi connectivity index (χ2v) is 4.86. The number of carbonyl (C=O) groups excluding carboxylic acids is 1. The molecule has 2 rings (SSSR count). The fourth-order valence-electron chi connectivity index (χ4n) is 1.67. The van der Waals surface area contributed by atoms with Gasteiger partial charge in [0.15, 0.2) is 5.78 Å². The van der Waals surface area contributed by atoms with E-state index in [2.05, 4.69) is 20.9 Å². The molecule has 2 nitrogen and oxygen atoms in total. The Labute approximate surface area is 113 Å². The lowest BCUT2D eigenvalue weighted by Crippen LogP contribution is -2.05. The van der Waals surface area contributed by atoms with Crippen molar-refractivity contribution < 1.29 is 9.18 Å². The summed E-state index contributed by atoms with van der Waals surface area (Å²) in [5.74, 6) is -0.430. The second kappa shape index (κ2) is 5.40. The molecule has 1 aromatic heterocycles. The van der Waals surface area contributed by atoms with Crippen molar-refractivity contribution in [2.24, 2.45) is 0 Å². The highest BCUT2D eigenvalue weighted by molar-refractivity contribution is 9.10. The molecular weight excluding hydrogens is 297 g/mol. The summed E-state index contributed by atoms with van der Waals surface area (Å²) in [5, 5.41) is 0. The van der Waals surface area contributed by atoms with Gasteiger partial charge in [-0.15, -0.1) is 0 Å². The van der Waals surface area contributed by atoms with Gasteiger partial charge >= 0.3 is 0 Å². The minimum atomic E-state index is -0.359. The van der Waals surface area contributed by atoms with Crippen LogP contribution in [0, 0.1) is 12.7 Å². The van der Waals surface area contributed by atoms with E-state index < -0.39 is 0 Å². The average Bonchev–Trinajstić information content (AvgIpc) is 2.35. The highest BCUT2D eigenvalue weighted by atomic mass is 79.9. The molecule has 0 unspecified atom stereocenters. The van der Waals surface area contributed by atoms with E-state index in [1.807, 2.05) is 6.92 Å². The SMILES string of the molecule is Cc1cncc(C(=O)Cc2cccc(F)c2Br)c1. The molecule has 0 atom stereocenters. The molecular formula is C14H11BrFNO. The second-order valence-electron chi connectivity index (χ2n) is 4.06. The van der Waals surface area contributed by atoms with Crippen molar-refractivity contribution in [2.75, 3.05) is 0 Å². The van der Waals surface area contributed by atoms with Gasteiger partial charge < -0.3 is 0 Å². The van der Waals surface area contributed by atoms with E-state index in [0.717, 1.165) is 5.56 Å². The maximum absolute atomic E-state index is 13.3.